The lowest BCUT2D eigenvalue weighted by Gasteiger charge is -2.21. The summed E-state index contributed by atoms with van der Waals surface area (Å²) >= 11 is 0. The van der Waals surface area contributed by atoms with Gasteiger partial charge >= 0.3 is 5.97 Å². The van der Waals surface area contributed by atoms with Crippen LogP contribution in [-0.2, 0) is 11.2 Å². The second kappa shape index (κ2) is 7.22. The predicted molar refractivity (Wildman–Crippen MR) is 80.4 cm³/mol. The molecule has 0 bridgehead atoms. The summed E-state index contributed by atoms with van der Waals surface area (Å²) in [5.41, 5.74) is 1.15. The van der Waals surface area contributed by atoms with E-state index < -0.39 is 5.97 Å². The minimum absolute atomic E-state index is 0.168. The number of amides is 1. The van der Waals surface area contributed by atoms with Crippen molar-refractivity contribution in [3.05, 3.63) is 35.4 Å². The van der Waals surface area contributed by atoms with Crippen molar-refractivity contribution in [1.29, 1.82) is 0 Å². The quantitative estimate of drug-likeness (QED) is 0.862. The number of aromatic carboxylic acids is 1. The molecule has 1 aromatic carbocycles. The van der Waals surface area contributed by atoms with Crippen LogP contribution in [-0.4, -0.2) is 60.0 Å². The zero-order valence-corrected chi connectivity index (χ0v) is 12.4. The SMILES string of the molecule is CN(CCc1ccccc1C(=O)O)CC(=O)N1CCCC1. The van der Waals surface area contributed by atoms with Gasteiger partial charge < -0.3 is 10.0 Å². The molecular weight excluding hydrogens is 268 g/mol. The van der Waals surface area contributed by atoms with Crippen molar-refractivity contribution in [2.45, 2.75) is 19.3 Å². The molecule has 5 nitrogen and oxygen atoms in total. The highest BCUT2D eigenvalue weighted by Crippen LogP contribution is 2.11. The third-order valence-corrected chi connectivity index (χ3v) is 3.87. The molecule has 1 heterocycles. The number of carbonyl (C=O) groups is 2. The maximum atomic E-state index is 12.0. The lowest BCUT2D eigenvalue weighted by atomic mass is 10.0. The second-order valence-corrected chi connectivity index (χ2v) is 5.54. The lowest BCUT2D eigenvalue weighted by molar-refractivity contribution is -0.131. The molecule has 2 rings (SSSR count). The average molecular weight is 290 g/mol. The van der Waals surface area contributed by atoms with Crippen molar-refractivity contribution in [3.63, 3.8) is 0 Å². The number of nitrogens with zero attached hydrogens (tertiary/aromatic N) is 2. The first-order valence-electron chi connectivity index (χ1n) is 7.35. The molecule has 1 aliphatic heterocycles. The van der Waals surface area contributed by atoms with E-state index in [0.717, 1.165) is 31.5 Å². The number of benzene rings is 1. The number of rotatable bonds is 6. The van der Waals surface area contributed by atoms with E-state index in [9.17, 15) is 9.59 Å². The molecule has 0 aromatic heterocycles. The van der Waals surface area contributed by atoms with Gasteiger partial charge in [0, 0.05) is 19.6 Å². The third kappa shape index (κ3) is 4.29. The van der Waals surface area contributed by atoms with Crippen molar-refractivity contribution in [2.24, 2.45) is 0 Å². The van der Waals surface area contributed by atoms with Crippen LogP contribution < -0.4 is 0 Å². The zero-order valence-electron chi connectivity index (χ0n) is 12.4. The molecule has 1 N–H and O–H groups in total. The Balaban J connectivity index is 1.85. The molecule has 1 aromatic rings. The fourth-order valence-electron chi connectivity index (χ4n) is 2.63. The Labute approximate surface area is 125 Å². The average Bonchev–Trinajstić information content (AvgIpc) is 2.99. The minimum Gasteiger partial charge on any atom is -0.478 e. The van der Waals surface area contributed by atoms with Gasteiger partial charge in [-0.15, -0.1) is 0 Å². The molecule has 0 unspecified atom stereocenters. The summed E-state index contributed by atoms with van der Waals surface area (Å²) in [4.78, 5) is 27.0. The van der Waals surface area contributed by atoms with Gasteiger partial charge in [0.25, 0.3) is 0 Å². The Hall–Kier alpha value is -1.88. The number of hydrogen-bond donors (Lipinski definition) is 1. The number of carboxylic acids is 1. The van der Waals surface area contributed by atoms with Gasteiger partial charge in [0.1, 0.15) is 0 Å². The largest absolute Gasteiger partial charge is 0.478 e. The van der Waals surface area contributed by atoms with Crippen LogP contribution >= 0.6 is 0 Å². The first kappa shape index (κ1) is 15.5. The Kier molecular flexibility index (Phi) is 5.33. The fourth-order valence-corrected chi connectivity index (χ4v) is 2.63. The van der Waals surface area contributed by atoms with Crippen LogP contribution in [0, 0.1) is 0 Å². The summed E-state index contributed by atoms with van der Waals surface area (Å²) in [5.74, 6) is -0.733. The van der Waals surface area contributed by atoms with Crippen LogP contribution in [0.15, 0.2) is 24.3 Å². The highest BCUT2D eigenvalue weighted by molar-refractivity contribution is 5.89. The molecule has 1 aliphatic rings. The number of hydrogen-bond acceptors (Lipinski definition) is 3. The Morgan fingerprint density at radius 1 is 1.24 bits per heavy atom. The van der Waals surface area contributed by atoms with Gasteiger partial charge in [0.15, 0.2) is 0 Å². The normalized spacial score (nSPS) is 14.7. The van der Waals surface area contributed by atoms with E-state index in [1.165, 1.54) is 0 Å². The molecule has 21 heavy (non-hydrogen) atoms. The predicted octanol–water partition coefficient (Wildman–Crippen LogP) is 1.48. The van der Waals surface area contributed by atoms with Crippen LogP contribution in [0.2, 0.25) is 0 Å². The van der Waals surface area contributed by atoms with Gasteiger partial charge in [-0.05, 0) is 37.9 Å². The van der Waals surface area contributed by atoms with Gasteiger partial charge in [0.2, 0.25) is 5.91 Å². The van der Waals surface area contributed by atoms with Crippen LogP contribution in [0.25, 0.3) is 0 Å². The molecule has 1 fully saturated rings. The molecular formula is C16H22N2O3. The summed E-state index contributed by atoms with van der Waals surface area (Å²) in [6.45, 7) is 2.81. The fraction of sp³-hybridized carbons (Fsp3) is 0.500. The molecule has 0 spiro atoms. The topological polar surface area (TPSA) is 60.9 Å². The molecule has 0 atom stereocenters. The van der Waals surface area contributed by atoms with Crippen molar-refractivity contribution in [2.75, 3.05) is 33.2 Å². The first-order valence-corrected chi connectivity index (χ1v) is 7.35. The smallest absolute Gasteiger partial charge is 0.335 e. The van der Waals surface area contributed by atoms with Crippen LogP contribution in [0.5, 0.6) is 0 Å². The minimum atomic E-state index is -0.901. The van der Waals surface area contributed by atoms with Gasteiger partial charge in [-0.3, -0.25) is 9.69 Å². The molecule has 0 saturated carbocycles. The van der Waals surface area contributed by atoms with Crippen LogP contribution in [0.1, 0.15) is 28.8 Å². The summed E-state index contributed by atoms with van der Waals surface area (Å²) in [7, 11) is 1.90. The summed E-state index contributed by atoms with van der Waals surface area (Å²) in [5, 5.41) is 9.15. The summed E-state index contributed by atoms with van der Waals surface area (Å²) in [6, 6.07) is 7.03. The Bertz CT molecular complexity index is 510. The number of likely N-dealkylation sites (tertiary alicyclic amines) is 1. The van der Waals surface area contributed by atoms with E-state index in [4.69, 9.17) is 5.11 Å². The standard InChI is InChI=1S/C16H22N2O3/c1-17(12-15(19)18-9-4-5-10-18)11-8-13-6-2-3-7-14(13)16(20)21/h2-3,6-7H,4-5,8-12H2,1H3,(H,20,21). The monoisotopic (exact) mass is 290 g/mol. The first-order chi connectivity index (χ1) is 10.1. The van der Waals surface area contributed by atoms with Gasteiger partial charge in [0.05, 0.1) is 12.1 Å². The van der Waals surface area contributed by atoms with Crippen molar-refractivity contribution < 1.29 is 14.7 Å². The summed E-state index contributed by atoms with van der Waals surface area (Å²) in [6.07, 6.45) is 2.83. The van der Waals surface area contributed by atoms with E-state index in [1.807, 2.05) is 29.0 Å². The van der Waals surface area contributed by atoms with Gasteiger partial charge in [-0.25, -0.2) is 4.79 Å². The van der Waals surface area contributed by atoms with Crippen molar-refractivity contribution in [3.8, 4) is 0 Å². The van der Waals surface area contributed by atoms with E-state index in [0.29, 0.717) is 25.1 Å². The molecule has 114 valence electrons. The molecule has 1 saturated heterocycles. The Morgan fingerprint density at radius 3 is 2.57 bits per heavy atom. The van der Waals surface area contributed by atoms with Crippen molar-refractivity contribution in [1.82, 2.24) is 9.80 Å². The molecule has 5 heteroatoms. The molecule has 1 amide bonds. The van der Waals surface area contributed by atoms with Crippen LogP contribution in [0.4, 0.5) is 0 Å². The highest BCUT2D eigenvalue weighted by Gasteiger charge is 2.19. The van der Waals surface area contributed by atoms with Crippen LogP contribution in [0.3, 0.4) is 0 Å². The number of carboxylic acid groups (broad SMARTS) is 1. The van der Waals surface area contributed by atoms with E-state index in [1.54, 1.807) is 12.1 Å². The van der Waals surface area contributed by atoms with Gasteiger partial charge in [-0.2, -0.15) is 0 Å². The van der Waals surface area contributed by atoms with E-state index >= 15 is 0 Å². The highest BCUT2D eigenvalue weighted by atomic mass is 16.4. The maximum absolute atomic E-state index is 12.0. The third-order valence-electron chi connectivity index (χ3n) is 3.87. The van der Waals surface area contributed by atoms with Gasteiger partial charge in [-0.1, -0.05) is 18.2 Å². The van der Waals surface area contributed by atoms with E-state index in [2.05, 4.69) is 0 Å². The Morgan fingerprint density at radius 2 is 1.90 bits per heavy atom. The van der Waals surface area contributed by atoms with E-state index in [-0.39, 0.29) is 5.91 Å². The summed E-state index contributed by atoms with van der Waals surface area (Å²) < 4.78 is 0. The molecule has 0 aliphatic carbocycles. The number of likely N-dealkylation sites (N-methyl/N-ethyl adjacent to an activating group) is 1. The maximum Gasteiger partial charge on any atom is 0.335 e. The molecule has 0 radical (unpaired) electrons. The lowest BCUT2D eigenvalue weighted by Crippen LogP contribution is -2.38. The van der Waals surface area contributed by atoms with Crippen molar-refractivity contribution >= 4 is 11.9 Å². The number of carbonyl (C=O) groups excluding carboxylic acids is 1. The second-order valence-electron chi connectivity index (χ2n) is 5.54. The zero-order chi connectivity index (χ0) is 15.2.